The van der Waals surface area contributed by atoms with Crippen LogP contribution in [0.4, 0.5) is 24.0 Å². The number of methoxy groups -OCH3 is 1. The molecule has 4 aromatic rings. The van der Waals surface area contributed by atoms with Crippen molar-refractivity contribution in [2.45, 2.75) is 12.6 Å². The van der Waals surface area contributed by atoms with Crippen LogP contribution in [0, 0.1) is 0 Å². The number of ether oxygens (including phenoxy) is 1. The van der Waals surface area contributed by atoms with Crippen LogP contribution in [-0.2, 0) is 17.4 Å². The Balaban J connectivity index is 1.39. The normalized spacial score (nSPS) is 11.6. The molecule has 174 valence electrons. The second kappa shape index (κ2) is 9.92. The van der Waals surface area contributed by atoms with Gasteiger partial charge in [-0.3, -0.25) is 4.79 Å². The van der Waals surface area contributed by atoms with Crippen LogP contribution in [0.15, 0.2) is 71.1 Å². The average molecular weight is 485 g/mol. The quantitative estimate of drug-likeness (QED) is 0.258. The number of halogens is 3. The average Bonchev–Trinajstić information content (AvgIpc) is 3.25. The molecule has 0 saturated carbocycles. The Bertz CT molecular complexity index is 1350. The first-order chi connectivity index (χ1) is 16.3. The number of hydrazone groups is 1. The van der Waals surface area contributed by atoms with E-state index < -0.39 is 11.7 Å². The third kappa shape index (κ3) is 5.52. The van der Waals surface area contributed by atoms with Crippen molar-refractivity contribution in [3.63, 3.8) is 0 Å². The number of amides is 1. The molecule has 0 aliphatic rings. The Morgan fingerprint density at radius 1 is 1.15 bits per heavy atom. The van der Waals surface area contributed by atoms with Gasteiger partial charge >= 0.3 is 6.18 Å². The number of carbonyl (C=O) groups excluding carboxylic acids is 1. The lowest BCUT2D eigenvalue weighted by atomic mass is 10.0. The van der Waals surface area contributed by atoms with Gasteiger partial charge in [-0.1, -0.05) is 36.4 Å². The molecule has 6 nitrogen and oxygen atoms in total. The van der Waals surface area contributed by atoms with Crippen LogP contribution < -0.4 is 15.5 Å². The van der Waals surface area contributed by atoms with E-state index in [1.54, 1.807) is 12.5 Å². The molecular weight excluding hydrogens is 465 g/mol. The zero-order chi connectivity index (χ0) is 24.1. The first-order valence-corrected chi connectivity index (χ1v) is 11.0. The third-order valence-corrected chi connectivity index (χ3v) is 5.67. The summed E-state index contributed by atoms with van der Waals surface area (Å²) in [6.45, 7) is 0. The van der Waals surface area contributed by atoms with Gasteiger partial charge in [0.05, 0.1) is 31.0 Å². The van der Waals surface area contributed by atoms with E-state index >= 15 is 0 Å². The lowest BCUT2D eigenvalue weighted by Gasteiger charge is -2.09. The summed E-state index contributed by atoms with van der Waals surface area (Å²) in [4.78, 5) is 16.6. The minimum atomic E-state index is -4.43. The van der Waals surface area contributed by atoms with Gasteiger partial charge in [-0.2, -0.15) is 18.3 Å². The summed E-state index contributed by atoms with van der Waals surface area (Å²) in [5.74, 6) is 0.243. The minimum absolute atomic E-state index is 0.0369. The highest BCUT2D eigenvalue weighted by atomic mass is 32.1. The maximum absolute atomic E-state index is 12.9. The second-order valence-electron chi connectivity index (χ2n) is 7.22. The zero-order valence-electron chi connectivity index (χ0n) is 17.9. The number of hydrogen-bond donors (Lipinski definition) is 2. The zero-order valence-corrected chi connectivity index (χ0v) is 18.7. The first-order valence-electron chi connectivity index (χ1n) is 10.1. The van der Waals surface area contributed by atoms with Crippen LogP contribution in [0.5, 0.6) is 5.75 Å². The lowest BCUT2D eigenvalue weighted by Crippen LogP contribution is -2.20. The topological polar surface area (TPSA) is 75.6 Å². The standard InChI is InChI=1S/C24H19F3N4O2S/c1-33-21-10-9-15-5-2-3-8-19(15)20(21)13-28-31-22(32)12-18-14-34-23(30-18)29-17-7-4-6-16(11-17)24(25,26)27/h2-11,13-14H,12H2,1H3,(H,29,30)(H,31,32)/b28-13-. The van der Waals surface area contributed by atoms with Crippen molar-refractivity contribution >= 4 is 45.0 Å². The van der Waals surface area contributed by atoms with Gasteiger partial charge < -0.3 is 10.1 Å². The summed E-state index contributed by atoms with van der Waals surface area (Å²) in [7, 11) is 1.56. The summed E-state index contributed by atoms with van der Waals surface area (Å²) in [6.07, 6.45) is -2.94. The molecule has 0 atom stereocenters. The smallest absolute Gasteiger partial charge is 0.416 e. The van der Waals surface area contributed by atoms with Crippen LogP contribution in [0.1, 0.15) is 16.8 Å². The molecule has 0 aliphatic carbocycles. The number of aromatic nitrogens is 1. The summed E-state index contributed by atoms with van der Waals surface area (Å²) < 4.78 is 44.0. The Labute approximate surface area is 197 Å². The van der Waals surface area contributed by atoms with Crippen LogP contribution in [-0.4, -0.2) is 24.2 Å². The molecule has 1 aromatic heterocycles. The Hall–Kier alpha value is -3.92. The van der Waals surface area contributed by atoms with Crippen LogP contribution in [0.3, 0.4) is 0 Å². The Kier molecular flexibility index (Phi) is 6.78. The predicted molar refractivity (Wildman–Crippen MR) is 127 cm³/mol. The molecule has 1 heterocycles. The molecule has 0 unspecified atom stereocenters. The molecule has 0 radical (unpaired) electrons. The fraction of sp³-hybridized carbons (Fsp3) is 0.125. The Morgan fingerprint density at radius 3 is 2.76 bits per heavy atom. The number of nitrogens with one attached hydrogen (secondary N) is 2. The molecular formula is C24H19F3N4O2S. The number of rotatable bonds is 7. The first kappa shape index (κ1) is 23.2. The number of anilines is 2. The number of fused-ring (bicyclic) bond motifs is 1. The minimum Gasteiger partial charge on any atom is -0.496 e. The van der Waals surface area contributed by atoms with Crippen molar-refractivity contribution in [2.24, 2.45) is 5.10 Å². The van der Waals surface area contributed by atoms with Crippen LogP contribution in [0.25, 0.3) is 10.8 Å². The molecule has 0 fully saturated rings. The van der Waals surface area contributed by atoms with E-state index in [1.807, 2.05) is 36.4 Å². The Morgan fingerprint density at radius 2 is 1.97 bits per heavy atom. The van der Waals surface area contributed by atoms with Crippen molar-refractivity contribution in [2.75, 3.05) is 12.4 Å². The van der Waals surface area contributed by atoms with E-state index in [4.69, 9.17) is 4.74 Å². The molecule has 34 heavy (non-hydrogen) atoms. The molecule has 3 aromatic carbocycles. The van der Waals surface area contributed by atoms with Gasteiger partial charge in [0.15, 0.2) is 5.13 Å². The molecule has 4 rings (SSSR count). The highest BCUT2D eigenvalue weighted by Crippen LogP contribution is 2.32. The number of hydrogen-bond acceptors (Lipinski definition) is 6. The SMILES string of the molecule is COc1ccc2ccccc2c1/C=N\NC(=O)Cc1csc(Nc2cccc(C(F)(F)F)c2)n1. The monoisotopic (exact) mass is 484 g/mol. The number of carbonyl (C=O) groups is 1. The molecule has 0 saturated heterocycles. The number of nitrogens with zero attached hydrogens (tertiary/aromatic N) is 2. The van der Waals surface area contributed by atoms with Gasteiger partial charge in [0, 0.05) is 16.6 Å². The van der Waals surface area contributed by atoms with Crippen molar-refractivity contribution < 1.29 is 22.7 Å². The molecule has 0 aliphatic heterocycles. The number of alkyl halides is 3. The summed E-state index contributed by atoms with van der Waals surface area (Å²) in [5.41, 5.74) is 3.18. The van der Waals surface area contributed by atoms with E-state index in [0.29, 0.717) is 16.6 Å². The molecule has 1 amide bonds. The summed E-state index contributed by atoms with van der Waals surface area (Å²) >= 11 is 1.19. The van der Waals surface area contributed by atoms with E-state index in [9.17, 15) is 18.0 Å². The maximum atomic E-state index is 12.9. The molecule has 0 spiro atoms. The third-order valence-electron chi connectivity index (χ3n) is 4.87. The molecule has 2 N–H and O–H groups in total. The fourth-order valence-corrected chi connectivity index (χ4v) is 4.03. The van der Waals surface area contributed by atoms with E-state index in [2.05, 4.69) is 20.8 Å². The van der Waals surface area contributed by atoms with E-state index in [1.165, 1.54) is 29.7 Å². The molecule has 10 heteroatoms. The highest BCUT2D eigenvalue weighted by Gasteiger charge is 2.30. The van der Waals surface area contributed by atoms with E-state index in [-0.39, 0.29) is 18.0 Å². The van der Waals surface area contributed by atoms with Crippen LogP contribution >= 0.6 is 11.3 Å². The fourth-order valence-electron chi connectivity index (χ4n) is 3.30. The highest BCUT2D eigenvalue weighted by molar-refractivity contribution is 7.13. The summed E-state index contributed by atoms with van der Waals surface area (Å²) in [5, 5.41) is 10.9. The lowest BCUT2D eigenvalue weighted by molar-refractivity contribution is -0.137. The van der Waals surface area contributed by atoms with Crippen molar-refractivity contribution in [3.8, 4) is 5.75 Å². The van der Waals surface area contributed by atoms with Gasteiger partial charge in [-0.05, 0) is 35.0 Å². The van der Waals surface area contributed by atoms with Gasteiger partial charge in [0.2, 0.25) is 5.91 Å². The summed E-state index contributed by atoms with van der Waals surface area (Å²) in [6, 6.07) is 16.4. The second-order valence-corrected chi connectivity index (χ2v) is 8.08. The van der Waals surface area contributed by atoms with Crippen molar-refractivity contribution in [1.82, 2.24) is 10.4 Å². The number of thiazole rings is 1. The van der Waals surface area contributed by atoms with Crippen molar-refractivity contribution in [1.29, 1.82) is 0 Å². The predicted octanol–water partition coefficient (Wildman–Crippen LogP) is 5.76. The maximum Gasteiger partial charge on any atom is 0.416 e. The van der Waals surface area contributed by atoms with Gasteiger partial charge in [-0.15, -0.1) is 11.3 Å². The van der Waals surface area contributed by atoms with E-state index in [0.717, 1.165) is 28.5 Å². The van der Waals surface area contributed by atoms with Gasteiger partial charge in [0.1, 0.15) is 5.75 Å². The van der Waals surface area contributed by atoms with Crippen LogP contribution in [0.2, 0.25) is 0 Å². The number of benzene rings is 3. The van der Waals surface area contributed by atoms with Crippen molar-refractivity contribution in [3.05, 3.63) is 82.9 Å². The largest absolute Gasteiger partial charge is 0.496 e. The van der Waals surface area contributed by atoms with Gasteiger partial charge in [0.25, 0.3) is 0 Å². The van der Waals surface area contributed by atoms with Gasteiger partial charge in [-0.25, -0.2) is 10.4 Å². The molecule has 0 bridgehead atoms.